The van der Waals surface area contributed by atoms with Crippen molar-refractivity contribution >= 4 is 5.91 Å². The molecule has 0 N–H and O–H groups in total. The minimum Gasteiger partial charge on any atom is -0.381 e. The maximum atomic E-state index is 12.1. The molecule has 0 bridgehead atoms. The van der Waals surface area contributed by atoms with Gasteiger partial charge >= 0.3 is 0 Å². The minimum atomic E-state index is 0.0870. The van der Waals surface area contributed by atoms with Crippen LogP contribution in [0, 0.1) is 0 Å². The summed E-state index contributed by atoms with van der Waals surface area (Å²) in [6.45, 7) is 5.44. The molecule has 2 saturated heterocycles. The van der Waals surface area contributed by atoms with Crippen LogP contribution >= 0.6 is 0 Å². The van der Waals surface area contributed by atoms with Crippen LogP contribution in [-0.2, 0) is 16.1 Å². The second-order valence-corrected chi connectivity index (χ2v) is 5.27. The monoisotopic (exact) mass is 280 g/mol. The third-order valence-corrected chi connectivity index (χ3v) is 4.06. The molecule has 0 aliphatic carbocycles. The van der Waals surface area contributed by atoms with Crippen LogP contribution in [0.15, 0.2) is 6.33 Å². The highest BCUT2D eigenvalue weighted by molar-refractivity contribution is 5.75. The molecule has 0 aromatic carbocycles. The highest BCUT2D eigenvalue weighted by atomic mass is 16.5. The summed E-state index contributed by atoms with van der Waals surface area (Å²) in [7, 11) is 0. The first-order valence-electron chi connectivity index (χ1n) is 7.13. The second kappa shape index (κ2) is 6.27. The van der Waals surface area contributed by atoms with E-state index in [0.29, 0.717) is 6.04 Å². The van der Waals surface area contributed by atoms with Crippen molar-refractivity contribution in [1.29, 1.82) is 0 Å². The summed E-state index contributed by atoms with van der Waals surface area (Å²) in [5, 5.41) is 10.8. The third kappa shape index (κ3) is 3.13. The van der Waals surface area contributed by atoms with Crippen molar-refractivity contribution in [2.75, 3.05) is 39.4 Å². The van der Waals surface area contributed by atoms with Crippen LogP contribution in [0.3, 0.4) is 0 Å². The van der Waals surface area contributed by atoms with Crippen molar-refractivity contribution in [2.45, 2.75) is 25.4 Å². The summed E-state index contributed by atoms with van der Waals surface area (Å²) in [4.78, 5) is 16.5. The Bertz CT molecular complexity index is 423. The van der Waals surface area contributed by atoms with Gasteiger partial charge in [0.25, 0.3) is 0 Å². The van der Waals surface area contributed by atoms with Crippen LogP contribution in [-0.4, -0.2) is 81.3 Å². The number of piperazine rings is 1. The lowest BCUT2D eigenvalue weighted by Gasteiger charge is -2.40. The highest BCUT2D eigenvalue weighted by Crippen LogP contribution is 2.16. The zero-order valence-corrected chi connectivity index (χ0v) is 11.5. The number of hydrogen-bond donors (Lipinski definition) is 0. The van der Waals surface area contributed by atoms with Gasteiger partial charge in [0.05, 0.1) is 0 Å². The van der Waals surface area contributed by atoms with Gasteiger partial charge in [-0.3, -0.25) is 9.69 Å². The van der Waals surface area contributed by atoms with E-state index in [4.69, 9.17) is 4.74 Å². The van der Waals surface area contributed by atoms with Crippen LogP contribution in [0.25, 0.3) is 0 Å². The lowest BCUT2D eigenvalue weighted by molar-refractivity contribution is -0.134. The molecule has 0 spiro atoms. The Labute approximate surface area is 117 Å². The van der Waals surface area contributed by atoms with Crippen molar-refractivity contribution in [1.82, 2.24) is 30.0 Å². The molecule has 20 heavy (non-hydrogen) atoms. The van der Waals surface area contributed by atoms with E-state index in [1.165, 1.54) is 11.0 Å². The number of ether oxygens (including phenoxy) is 1. The molecule has 110 valence electrons. The molecule has 8 nitrogen and oxygen atoms in total. The van der Waals surface area contributed by atoms with Crippen molar-refractivity contribution in [3.63, 3.8) is 0 Å². The number of carbonyl (C=O) groups is 1. The number of nitrogens with zero attached hydrogens (tertiary/aromatic N) is 6. The van der Waals surface area contributed by atoms with Crippen LogP contribution in [0.5, 0.6) is 0 Å². The zero-order chi connectivity index (χ0) is 13.8. The van der Waals surface area contributed by atoms with Crippen molar-refractivity contribution < 1.29 is 9.53 Å². The van der Waals surface area contributed by atoms with Gasteiger partial charge in [-0.1, -0.05) is 0 Å². The number of tetrazole rings is 1. The highest BCUT2D eigenvalue weighted by Gasteiger charge is 2.27. The van der Waals surface area contributed by atoms with E-state index in [0.717, 1.165) is 52.2 Å². The van der Waals surface area contributed by atoms with E-state index in [9.17, 15) is 4.79 Å². The fourth-order valence-corrected chi connectivity index (χ4v) is 2.88. The SMILES string of the molecule is O=C(Cn1cnnn1)N1CCN(C2CCOCC2)CC1. The number of aromatic nitrogens is 4. The first-order valence-corrected chi connectivity index (χ1v) is 7.13. The van der Waals surface area contributed by atoms with Gasteiger partial charge < -0.3 is 9.64 Å². The van der Waals surface area contributed by atoms with Crippen LogP contribution in [0.4, 0.5) is 0 Å². The maximum absolute atomic E-state index is 12.1. The van der Waals surface area contributed by atoms with E-state index in [2.05, 4.69) is 20.4 Å². The fraction of sp³-hybridized carbons (Fsp3) is 0.833. The second-order valence-electron chi connectivity index (χ2n) is 5.27. The smallest absolute Gasteiger partial charge is 0.244 e. The Morgan fingerprint density at radius 2 is 1.95 bits per heavy atom. The lowest BCUT2D eigenvalue weighted by atomic mass is 10.1. The predicted octanol–water partition coefficient (Wildman–Crippen LogP) is -1.00. The summed E-state index contributed by atoms with van der Waals surface area (Å²) in [5.41, 5.74) is 0. The molecule has 0 unspecified atom stereocenters. The number of hydrogen-bond acceptors (Lipinski definition) is 6. The molecule has 2 aliphatic rings. The summed E-state index contributed by atoms with van der Waals surface area (Å²) < 4.78 is 6.86. The first kappa shape index (κ1) is 13.4. The summed E-state index contributed by atoms with van der Waals surface area (Å²) in [6.07, 6.45) is 3.69. The van der Waals surface area contributed by atoms with Crippen molar-refractivity contribution in [2.24, 2.45) is 0 Å². The van der Waals surface area contributed by atoms with Gasteiger partial charge in [-0.05, 0) is 23.3 Å². The lowest BCUT2D eigenvalue weighted by Crippen LogP contribution is -2.53. The van der Waals surface area contributed by atoms with E-state index >= 15 is 0 Å². The maximum Gasteiger partial charge on any atom is 0.244 e. The van der Waals surface area contributed by atoms with Gasteiger partial charge in [0.2, 0.25) is 5.91 Å². The van der Waals surface area contributed by atoms with Crippen LogP contribution < -0.4 is 0 Å². The van der Waals surface area contributed by atoms with E-state index in [-0.39, 0.29) is 12.5 Å². The Morgan fingerprint density at radius 1 is 1.20 bits per heavy atom. The Balaban J connectivity index is 1.46. The average Bonchev–Trinajstić information content (AvgIpc) is 3.01. The standard InChI is InChI=1S/C12H20N6O2/c19-12(9-18-10-13-14-15-18)17-5-3-16(4-6-17)11-1-7-20-8-2-11/h10-11H,1-9H2. The molecule has 1 aromatic rings. The summed E-state index contributed by atoms with van der Waals surface area (Å²) >= 11 is 0. The van der Waals surface area contributed by atoms with Gasteiger partial charge in [0.1, 0.15) is 12.9 Å². The summed E-state index contributed by atoms with van der Waals surface area (Å²) in [6, 6.07) is 0.625. The third-order valence-electron chi connectivity index (χ3n) is 4.06. The molecule has 1 amide bonds. The van der Waals surface area contributed by atoms with Crippen LogP contribution in [0.2, 0.25) is 0 Å². The predicted molar refractivity (Wildman–Crippen MR) is 69.8 cm³/mol. The molecule has 2 fully saturated rings. The van der Waals surface area contributed by atoms with Gasteiger partial charge in [0.15, 0.2) is 0 Å². The number of amides is 1. The Kier molecular flexibility index (Phi) is 4.22. The Hall–Kier alpha value is -1.54. The number of carbonyl (C=O) groups excluding carboxylic acids is 1. The molecule has 0 saturated carbocycles. The van der Waals surface area contributed by atoms with Crippen molar-refractivity contribution in [3.05, 3.63) is 6.33 Å². The van der Waals surface area contributed by atoms with Gasteiger partial charge in [-0.2, -0.15) is 0 Å². The molecule has 3 rings (SSSR count). The Morgan fingerprint density at radius 3 is 2.60 bits per heavy atom. The topological polar surface area (TPSA) is 76.4 Å². The molecule has 8 heteroatoms. The quantitative estimate of drug-likeness (QED) is 0.706. The molecular weight excluding hydrogens is 260 g/mol. The summed E-state index contributed by atoms with van der Waals surface area (Å²) in [5.74, 6) is 0.0870. The molecule has 3 heterocycles. The van der Waals surface area contributed by atoms with Gasteiger partial charge in [-0.25, -0.2) is 4.68 Å². The van der Waals surface area contributed by atoms with E-state index < -0.39 is 0 Å². The molecular formula is C12H20N6O2. The largest absolute Gasteiger partial charge is 0.381 e. The van der Waals surface area contributed by atoms with Gasteiger partial charge in [-0.15, -0.1) is 5.10 Å². The molecule has 0 atom stereocenters. The minimum absolute atomic E-state index is 0.0870. The number of rotatable bonds is 3. The fourth-order valence-electron chi connectivity index (χ4n) is 2.88. The zero-order valence-electron chi connectivity index (χ0n) is 11.5. The molecule has 2 aliphatic heterocycles. The normalized spacial score (nSPS) is 22.1. The van der Waals surface area contributed by atoms with Crippen LogP contribution in [0.1, 0.15) is 12.8 Å². The first-order chi connectivity index (χ1) is 9.83. The molecule has 0 radical (unpaired) electrons. The van der Waals surface area contributed by atoms with Crippen molar-refractivity contribution in [3.8, 4) is 0 Å². The molecule has 1 aromatic heterocycles. The van der Waals surface area contributed by atoms with Gasteiger partial charge in [0, 0.05) is 45.4 Å². The average molecular weight is 280 g/mol. The van der Waals surface area contributed by atoms with E-state index in [1.54, 1.807) is 0 Å². The van der Waals surface area contributed by atoms with E-state index in [1.807, 2.05) is 4.90 Å².